The van der Waals surface area contributed by atoms with Crippen LogP contribution in [0, 0.1) is 12.7 Å². The zero-order chi connectivity index (χ0) is 20.1. The Morgan fingerprint density at radius 2 is 1.79 bits per heavy atom. The van der Waals surface area contributed by atoms with Gasteiger partial charge in [0.15, 0.2) is 12.3 Å². The van der Waals surface area contributed by atoms with Crippen LogP contribution < -0.4 is 0 Å². The second kappa shape index (κ2) is 8.47. The summed E-state index contributed by atoms with van der Waals surface area (Å²) in [6, 6.07) is 15.0. The number of benzene rings is 2. The van der Waals surface area contributed by atoms with Gasteiger partial charge in [-0.3, -0.25) is 4.79 Å². The maximum Gasteiger partial charge on any atom is 0.361 e. The number of likely N-dealkylation sites (N-methyl/N-ethyl adjacent to an activating group) is 1. The number of carbonyl (C=O) groups excluding carboxylic acids is 2. The molecule has 144 valence electrons. The molecule has 1 heterocycles. The minimum absolute atomic E-state index is 0.0350. The van der Waals surface area contributed by atoms with E-state index in [9.17, 15) is 14.0 Å². The Morgan fingerprint density at radius 1 is 1.11 bits per heavy atom. The highest BCUT2D eigenvalue weighted by molar-refractivity contribution is 5.90. The van der Waals surface area contributed by atoms with Crippen molar-refractivity contribution in [1.29, 1.82) is 0 Å². The van der Waals surface area contributed by atoms with Crippen LogP contribution in [0.1, 0.15) is 21.8 Å². The second-order valence-electron chi connectivity index (χ2n) is 6.24. The van der Waals surface area contributed by atoms with Crippen molar-refractivity contribution in [3.63, 3.8) is 0 Å². The van der Waals surface area contributed by atoms with Crippen LogP contribution in [-0.2, 0) is 16.1 Å². The van der Waals surface area contributed by atoms with Crippen molar-refractivity contribution in [1.82, 2.24) is 9.88 Å². The van der Waals surface area contributed by atoms with Crippen LogP contribution in [0.25, 0.3) is 11.5 Å². The average Bonchev–Trinajstić information content (AvgIpc) is 3.10. The molecule has 1 aromatic heterocycles. The first-order chi connectivity index (χ1) is 13.4. The van der Waals surface area contributed by atoms with Gasteiger partial charge < -0.3 is 14.1 Å². The Balaban J connectivity index is 1.58. The fraction of sp³-hybridized carbons (Fsp3) is 0.190. The molecule has 6 nitrogen and oxygen atoms in total. The Labute approximate surface area is 161 Å². The average molecular weight is 382 g/mol. The molecule has 3 aromatic rings. The van der Waals surface area contributed by atoms with Crippen LogP contribution in [-0.4, -0.2) is 35.4 Å². The molecule has 7 heteroatoms. The lowest BCUT2D eigenvalue weighted by Gasteiger charge is -2.17. The van der Waals surface area contributed by atoms with E-state index in [0.29, 0.717) is 11.7 Å². The summed E-state index contributed by atoms with van der Waals surface area (Å²) < 4.78 is 23.6. The summed E-state index contributed by atoms with van der Waals surface area (Å²) in [5, 5.41) is 0. The molecule has 0 N–H and O–H groups in total. The first-order valence-electron chi connectivity index (χ1n) is 8.62. The number of hydrogen-bond acceptors (Lipinski definition) is 5. The van der Waals surface area contributed by atoms with Crippen molar-refractivity contribution < 1.29 is 23.1 Å². The summed E-state index contributed by atoms with van der Waals surface area (Å²) in [6.07, 6.45) is 0. The molecular weight excluding hydrogens is 363 g/mol. The van der Waals surface area contributed by atoms with Crippen molar-refractivity contribution in [3.05, 3.63) is 77.4 Å². The molecule has 3 rings (SSSR count). The fourth-order valence-electron chi connectivity index (χ4n) is 2.55. The third-order valence-electron chi connectivity index (χ3n) is 4.10. The van der Waals surface area contributed by atoms with Gasteiger partial charge in [0, 0.05) is 19.2 Å². The number of esters is 1. The standard InChI is InChI=1S/C21H19FN2O4/c1-14-19(23-20(28-14)16-6-4-3-5-7-16)21(26)27-13-18(25)24(2)12-15-8-10-17(22)11-9-15/h3-11H,12-13H2,1-2H3. The lowest BCUT2D eigenvalue weighted by Crippen LogP contribution is -2.31. The predicted molar refractivity (Wildman–Crippen MR) is 99.8 cm³/mol. The van der Waals surface area contributed by atoms with E-state index in [1.165, 1.54) is 17.0 Å². The van der Waals surface area contributed by atoms with Crippen molar-refractivity contribution >= 4 is 11.9 Å². The lowest BCUT2D eigenvalue weighted by atomic mass is 10.2. The van der Waals surface area contributed by atoms with Crippen LogP contribution in [0.15, 0.2) is 59.0 Å². The molecule has 0 aliphatic rings. The van der Waals surface area contributed by atoms with Gasteiger partial charge >= 0.3 is 5.97 Å². The summed E-state index contributed by atoms with van der Waals surface area (Å²) in [4.78, 5) is 30.0. The minimum Gasteiger partial charge on any atom is -0.451 e. The summed E-state index contributed by atoms with van der Waals surface area (Å²) in [6.45, 7) is 1.46. The molecule has 0 aliphatic heterocycles. The fourth-order valence-corrected chi connectivity index (χ4v) is 2.55. The molecule has 2 aromatic carbocycles. The molecule has 0 unspecified atom stereocenters. The van der Waals surface area contributed by atoms with Crippen molar-refractivity contribution in [2.75, 3.05) is 13.7 Å². The second-order valence-corrected chi connectivity index (χ2v) is 6.24. The molecular formula is C21H19FN2O4. The number of halogens is 1. The number of carbonyl (C=O) groups is 2. The molecule has 0 bridgehead atoms. The number of oxazole rings is 1. The van der Waals surface area contributed by atoms with Gasteiger partial charge in [0.05, 0.1) is 0 Å². The van der Waals surface area contributed by atoms with Crippen molar-refractivity contribution in [3.8, 4) is 11.5 Å². The first kappa shape index (κ1) is 19.3. The number of aromatic nitrogens is 1. The summed E-state index contributed by atoms with van der Waals surface area (Å²) >= 11 is 0. The van der Waals surface area contributed by atoms with Crippen LogP contribution in [0.3, 0.4) is 0 Å². The van der Waals surface area contributed by atoms with E-state index in [4.69, 9.17) is 9.15 Å². The van der Waals surface area contributed by atoms with E-state index in [2.05, 4.69) is 4.98 Å². The number of nitrogens with zero attached hydrogens (tertiary/aromatic N) is 2. The van der Waals surface area contributed by atoms with E-state index in [1.807, 2.05) is 30.3 Å². The Morgan fingerprint density at radius 3 is 2.46 bits per heavy atom. The zero-order valence-electron chi connectivity index (χ0n) is 15.5. The summed E-state index contributed by atoms with van der Waals surface area (Å²) in [5.74, 6) is -0.834. The van der Waals surface area contributed by atoms with Gasteiger partial charge in [-0.05, 0) is 36.8 Å². The molecule has 0 aliphatic carbocycles. The predicted octanol–water partition coefficient (Wildman–Crippen LogP) is 3.60. The van der Waals surface area contributed by atoms with Gasteiger partial charge in [0.25, 0.3) is 5.91 Å². The van der Waals surface area contributed by atoms with Crippen molar-refractivity contribution in [2.24, 2.45) is 0 Å². The van der Waals surface area contributed by atoms with Gasteiger partial charge in [-0.25, -0.2) is 14.2 Å². The molecule has 0 saturated heterocycles. The molecule has 0 fully saturated rings. The van der Waals surface area contributed by atoms with E-state index in [-0.39, 0.29) is 24.0 Å². The molecule has 28 heavy (non-hydrogen) atoms. The quantitative estimate of drug-likeness (QED) is 0.609. The van der Waals surface area contributed by atoms with E-state index in [1.54, 1.807) is 26.1 Å². The highest BCUT2D eigenvalue weighted by Crippen LogP contribution is 2.21. The smallest absolute Gasteiger partial charge is 0.361 e. The van der Waals surface area contributed by atoms with Crippen LogP contribution in [0.2, 0.25) is 0 Å². The third kappa shape index (κ3) is 4.62. The molecule has 1 amide bonds. The topological polar surface area (TPSA) is 72.6 Å². The van der Waals surface area contributed by atoms with Crippen LogP contribution in [0.5, 0.6) is 0 Å². The Hall–Kier alpha value is -3.48. The van der Waals surface area contributed by atoms with Gasteiger partial charge in [0.1, 0.15) is 11.6 Å². The normalized spacial score (nSPS) is 10.5. The van der Waals surface area contributed by atoms with E-state index >= 15 is 0 Å². The van der Waals surface area contributed by atoms with E-state index in [0.717, 1.165) is 11.1 Å². The molecule has 0 atom stereocenters. The third-order valence-corrected chi connectivity index (χ3v) is 4.10. The largest absolute Gasteiger partial charge is 0.451 e. The van der Waals surface area contributed by atoms with Crippen molar-refractivity contribution in [2.45, 2.75) is 13.5 Å². The number of amides is 1. The summed E-state index contributed by atoms with van der Waals surface area (Å²) in [5.41, 5.74) is 1.54. The van der Waals surface area contributed by atoms with Gasteiger partial charge in [0.2, 0.25) is 5.89 Å². The van der Waals surface area contributed by atoms with Crippen LogP contribution in [0.4, 0.5) is 4.39 Å². The Bertz CT molecular complexity index is 968. The zero-order valence-corrected chi connectivity index (χ0v) is 15.5. The number of ether oxygens (including phenoxy) is 1. The number of aryl methyl sites for hydroxylation is 1. The van der Waals surface area contributed by atoms with E-state index < -0.39 is 12.6 Å². The summed E-state index contributed by atoms with van der Waals surface area (Å²) in [7, 11) is 1.58. The number of rotatable bonds is 6. The lowest BCUT2D eigenvalue weighted by molar-refractivity contribution is -0.133. The van der Waals surface area contributed by atoms with Crippen LogP contribution >= 0.6 is 0 Å². The maximum absolute atomic E-state index is 12.9. The molecule has 0 saturated carbocycles. The monoisotopic (exact) mass is 382 g/mol. The number of hydrogen-bond donors (Lipinski definition) is 0. The first-order valence-corrected chi connectivity index (χ1v) is 8.62. The molecule has 0 spiro atoms. The van der Waals surface area contributed by atoms with Gasteiger partial charge in [-0.15, -0.1) is 0 Å². The highest BCUT2D eigenvalue weighted by atomic mass is 19.1. The molecule has 0 radical (unpaired) electrons. The van der Waals surface area contributed by atoms with Gasteiger partial charge in [-0.2, -0.15) is 0 Å². The Kier molecular flexibility index (Phi) is 5.84. The minimum atomic E-state index is -0.730. The van der Waals surface area contributed by atoms with Gasteiger partial charge in [-0.1, -0.05) is 30.3 Å². The SMILES string of the molecule is Cc1oc(-c2ccccc2)nc1C(=O)OCC(=O)N(C)Cc1ccc(F)cc1. The highest BCUT2D eigenvalue weighted by Gasteiger charge is 2.21. The maximum atomic E-state index is 12.9.